The van der Waals surface area contributed by atoms with E-state index in [2.05, 4.69) is 5.32 Å². The lowest BCUT2D eigenvalue weighted by atomic mass is 10.2. The van der Waals surface area contributed by atoms with Gasteiger partial charge in [-0.1, -0.05) is 12.1 Å². The van der Waals surface area contributed by atoms with Crippen molar-refractivity contribution in [2.75, 3.05) is 37.8 Å². The van der Waals surface area contributed by atoms with Gasteiger partial charge in [-0.05, 0) is 25.0 Å². The molecule has 140 valence electrons. The van der Waals surface area contributed by atoms with Crippen LogP contribution in [0.1, 0.15) is 19.3 Å². The van der Waals surface area contributed by atoms with E-state index in [0.717, 1.165) is 19.4 Å². The summed E-state index contributed by atoms with van der Waals surface area (Å²) in [7, 11) is 0. The van der Waals surface area contributed by atoms with Crippen LogP contribution in [0.25, 0.3) is 0 Å². The van der Waals surface area contributed by atoms with Gasteiger partial charge < -0.3 is 24.4 Å². The smallest absolute Gasteiger partial charge is 0.308 e. The molecule has 0 unspecified atom stereocenters. The lowest BCUT2D eigenvalue weighted by Crippen LogP contribution is -2.40. The van der Waals surface area contributed by atoms with Gasteiger partial charge in [-0.2, -0.15) is 0 Å². The zero-order valence-electron chi connectivity index (χ0n) is 14.4. The van der Waals surface area contributed by atoms with E-state index in [-0.39, 0.29) is 44.1 Å². The van der Waals surface area contributed by atoms with Crippen LogP contribution in [0.3, 0.4) is 0 Å². The van der Waals surface area contributed by atoms with Gasteiger partial charge in [-0.25, -0.2) is 0 Å². The van der Waals surface area contributed by atoms with E-state index in [0.29, 0.717) is 18.0 Å². The van der Waals surface area contributed by atoms with Crippen molar-refractivity contribution in [1.82, 2.24) is 5.32 Å². The van der Waals surface area contributed by atoms with Gasteiger partial charge in [-0.15, -0.1) is 0 Å². The third-order valence-electron chi connectivity index (χ3n) is 4.26. The number of hydrogen-bond acceptors (Lipinski definition) is 6. The molecule has 1 N–H and O–H groups in total. The Morgan fingerprint density at radius 1 is 1.31 bits per heavy atom. The molecule has 0 bridgehead atoms. The van der Waals surface area contributed by atoms with Gasteiger partial charge in [0.2, 0.25) is 0 Å². The molecule has 8 heteroatoms. The van der Waals surface area contributed by atoms with Crippen molar-refractivity contribution in [3.8, 4) is 5.75 Å². The second-order valence-electron chi connectivity index (χ2n) is 6.15. The Labute approximate surface area is 151 Å². The first-order valence-corrected chi connectivity index (χ1v) is 8.69. The third-order valence-corrected chi connectivity index (χ3v) is 4.26. The van der Waals surface area contributed by atoms with Gasteiger partial charge in [0, 0.05) is 19.7 Å². The number of para-hydroxylation sites is 2. The molecule has 3 rings (SSSR count). The average Bonchev–Trinajstić information content (AvgIpc) is 3.17. The van der Waals surface area contributed by atoms with Gasteiger partial charge in [0.15, 0.2) is 13.2 Å². The molecule has 0 spiro atoms. The van der Waals surface area contributed by atoms with Crippen LogP contribution in [-0.2, 0) is 23.9 Å². The Hall–Kier alpha value is -2.61. The van der Waals surface area contributed by atoms with Crippen molar-refractivity contribution < 1.29 is 28.6 Å². The fourth-order valence-corrected chi connectivity index (χ4v) is 2.90. The molecule has 0 aromatic heterocycles. The summed E-state index contributed by atoms with van der Waals surface area (Å²) in [5, 5.41) is 2.68. The first kappa shape index (κ1) is 18.2. The van der Waals surface area contributed by atoms with Gasteiger partial charge >= 0.3 is 5.97 Å². The molecule has 0 radical (unpaired) electrons. The maximum Gasteiger partial charge on any atom is 0.308 e. The molecule has 2 amide bonds. The average molecular weight is 362 g/mol. The zero-order chi connectivity index (χ0) is 18.4. The first-order chi connectivity index (χ1) is 12.6. The molecular weight excluding hydrogens is 340 g/mol. The summed E-state index contributed by atoms with van der Waals surface area (Å²) in [5.74, 6) is -0.504. The minimum Gasteiger partial charge on any atom is -0.482 e. The summed E-state index contributed by atoms with van der Waals surface area (Å²) < 4.78 is 15.7. The number of fused-ring (bicyclic) bond motifs is 1. The van der Waals surface area contributed by atoms with Crippen molar-refractivity contribution >= 4 is 23.5 Å². The van der Waals surface area contributed by atoms with Crippen molar-refractivity contribution in [3.05, 3.63) is 24.3 Å². The highest BCUT2D eigenvalue weighted by atomic mass is 16.5. The molecule has 1 fully saturated rings. The van der Waals surface area contributed by atoms with Crippen molar-refractivity contribution in [3.63, 3.8) is 0 Å². The van der Waals surface area contributed by atoms with Crippen molar-refractivity contribution in [1.29, 1.82) is 0 Å². The number of hydrogen-bond donors (Lipinski definition) is 1. The molecule has 1 atom stereocenters. The highest BCUT2D eigenvalue weighted by Crippen LogP contribution is 2.31. The van der Waals surface area contributed by atoms with Gasteiger partial charge in [0.1, 0.15) is 5.75 Å². The van der Waals surface area contributed by atoms with Crippen molar-refractivity contribution in [2.24, 2.45) is 0 Å². The molecule has 0 aliphatic carbocycles. The maximum absolute atomic E-state index is 12.0. The summed E-state index contributed by atoms with van der Waals surface area (Å²) in [5.41, 5.74) is 0.630. The number of nitrogens with one attached hydrogen (secondary N) is 1. The van der Waals surface area contributed by atoms with Gasteiger partial charge in [0.25, 0.3) is 11.8 Å². The molecule has 2 heterocycles. The van der Waals surface area contributed by atoms with Crippen LogP contribution in [0.5, 0.6) is 5.75 Å². The Morgan fingerprint density at radius 3 is 2.96 bits per heavy atom. The standard InChI is InChI=1S/C18H22N2O6/c21-16(19-10-13-4-3-9-24-13)11-26-18(23)7-8-20-14-5-1-2-6-15(14)25-12-17(20)22/h1-2,5-6,13H,3-4,7-12H2,(H,19,21)/t13-/m1/s1. The fourth-order valence-electron chi connectivity index (χ4n) is 2.90. The number of carbonyl (C=O) groups is 3. The van der Waals surface area contributed by atoms with E-state index in [4.69, 9.17) is 14.2 Å². The minimum absolute atomic E-state index is 0.000902. The van der Waals surface area contributed by atoms with E-state index in [9.17, 15) is 14.4 Å². The summed E-state index contributed by atoms with van der Waals surface area (Å²) in [6.45, 7) is 0.931. The summed E-state index contributed by atoms with van der Waals surface area (Å²) >= 11 is 0. The van der Waals surface area contributed by atoms with E-state index < -0.39 is 5.97 Å². The predicted molar refractivity (Wildman–Crippen MR) is 91.8 cm³/mol. The van der Waals surface area contributed by atoms with Crippen LogP contribution in [0.15, 0.2) is 24.3 Å². The monoisotopic (exact) mass is 362 g/mol. The second kappa shape index (κ2) is 8.66. The van der Waals surface area contributed by atoms with Crippen LogP contribution in [0, 0.1) is 0 Å². The number of benzene rings is 1. The largest absolute Gasteiger partial charge is 0.482 e. The number of amides is 2. The number of anilines is 1. The number of rotatable bonds is 7. The number of ether oxygens (including phenoxy) is 3. The third kappa shape index (κ3) is 4.72. The van der Waals surface area contributed by atoms with Gasteiger partial charge in [0.05, 0.1) is 18.2 Å². The molecule has 0 saturated carbocycles. The Balaban J connectivity index is 1.40. The summed E-state index contributed by atoms with van der Waals surface area (Å²) in [4.78, 5) is 37.1. The Bertz CT molecular complexity index is 671. The topological polar surface area (TPSA) is 94.2 Å². The maximum atomic E-state index is 12.0. The van der Waals surface area contributed by atoms with E-state index in [1.54, 1.807) is 18.2 Å². The van der Waals surface area contributed by atoms with E-state index in [1.165, 1.54) is 4.90 Å². The summed E-state index contributed by atoms with van der Waals surface area (Å²) in [6, 6.07) is 7.14. The van der Waals surface area contributed by atoms with Gasteiger partial charge in [-0.3, -0.25) is 14.4 Å². The SMILES string of the molecule is O=C(COC(=O)CCN1C(=O)COc2ccccc21)NC[C@H]1CCCO1. The van der Waals surface area contributed by atoms with E-state index in [1.807, 2.05) is 6.07 Å². The van der Waals surface area contributed by atoms with Crippen LogP contribution in [0.2, 0.25) is 0 Å². The molecule has 8 nitrogen and oxygen atoms in total. The molecule has 2 aliphatic rings. The van der Waals surface area contributed by atoms with Crippen LogP contribution in [0.4, 0.5) is 5.69 Å². The fraction of sp³-hybridized carbons (Fsp3) is 0.500. The second-order valence-corrected chi connectivity index (χ2v) is 6.15. The van der Waals surface area contributed by atoms with Crippen LogP contribution >= 0.6 is 0 Å². The van der Waals surface area contributed by atoms with Crippen LogP contribution in [-0.4, -0.2) is 56.8 Å². The highest BCUT2D eigenvalue weighted by Gasteiger charge is 2.25. The Kier molecular flexibility index (Phi) is 6.06. The molecule has 26 heavy (non-hydrogen) atoms. The Morgan fingerprint density at radius 2 is 2.15 bits per heavy atom. The molecule has 1 aromatic carbocycles. The van der Waals surface area contributed by atoms with Crippen molar-refractivity contribution in [2.45, 2.75) is 25.4 Å². The molecular formula is C18H22N2O6. The lowest BCUT2D eigenvalue weighted by Gasteiger charge is -2.28. The first-order valence-electron chi connectivity index (χ1n) is 8.69. The zero-order valence-corrected chi connectivity index (χ0v) is 14.4. The quantitative estimate of drug-likeness (QED) is 0.716. The number of nitrogens with zero attached hydrogens (tertiary/aromatic N) is 1. The highest BCUT2D eigenvalue weighted by molar-refractivity contribution is 5.98. The number of esters is 1. The predicted octanol–water partition coefficient (Wildman–Crippen LogP) is 0.640. The van der Waals surface area contributed by atoms with Crippen LogP contribution < -0.4 is 15.0 Å². The normalized spacial score (nSPS) is 18.8. The van der Waals surface area contributed by atoms with E-state index >= 15 is 0 Å². The molecule has 1 saturated heterocycles. The summed E-state index contributed by atoms with van der Waals surface area (Å²) in [6.07, 6.45) is 1.97. The minimum atomic E-state index is -0.533. The number of carbonyl (C=O) groups excluding carboxylic acids is 3. The lowest BCUT2D eigenvalue weighted by molar-refractivity contribution is -0.148. The molecule has 2 aliphatic heterocycles. The molecule has 1 aromatic rings.